The van der Waals surface area contributed by atoms with Gasteiger partial charge in [0.25, 0.3) is 0 Å². The number of ketones is 4. The second kappa shape index (κ2) is 39.5. The third-order valence-corrected chi connectivity index (χ3v) is 12.8. The summed E-state index contributed by atoms with van der Waals surface area (Å²) in [6.07, 6.45) is 30.9. The number of rotatable bonds is 20. The predicted molar refractivity (Wildman–Crippen MR) is 268 cm³/mol. The molecule has 0 amide bonds. The third kappa shape index (κ3) is 26.0. The zero-order chi connectivity index (χ0) is 47.9. The van der Waals surface area contributed by atoms with Crippen LogP contribution in [0.2, 0.25) is 0 Å². The molecule has 0 aromatic heterocycles. The standard InChI is InChI=1S/4C13H20O3.3CH4/c4*1-3-4-5-6-11-10(7-8-12(11)14)9-13(15)16-2;;;/h4*4-5,10-11H,3,6-9H2,1-2H3;3*1H4/b2*5-4+;2*5-4-;;;/t10-,11+;10-,11-;10-,11+;10-,11-;;;/m0000.../s1. The van der Waals surface area contributed by atoms with E-state index in [0.717, 1.165) is 77.0 Å². The lowest BCUT2D eigenvalue weighted by Gasteiger charge is -2.15. The van der Waals surface area contributed by atoms with Crippen molar-refractivity contribution in [2.24, 2.45) is 47.3 Å². The molecule has 0 bridgehead atoms. The van der Waals surface area contributed by atoms with Crippen LogP contribution in [-0.2, 0) is 57.3 Å². The van der Waals surface area contributed by atoms with E-state index in [1.165, 1.54) is 28.4 Å². The van der Waals surface area contributed by atoms with Gasteiger partial charge in [0.2, 0.25) is 0 Å². The summed E-state index contributed by atoms with van der Waals surface area (Å²) < 4.78 is 18.6. The van der Waals surface area contributed by atoms with Crippen molar-refractivity contribution in [3.63, 3.8) is 0 Å². The van der Waals surface area contributed by atoms with E-state index in [2.05, 4.69) is 95.3 Å². The first-order valence-corrected chi connectivity index (χ1v) is 23.7. The minimum absolute atomic E-state index is 0. The van der Waals surface area contributed by atoms with E-state index >= 15 is 0 Å². The monoisotopic (exact) mass is 945 g/mol. The quantitative estimate of drug-likeness (QED) is 0.0643. The Hall–Kier alpha value is -4.48. The second-order valence-corrected chi connectivity index (χ2v) is 17.1. The van der Waals surface area contributed by atoms with E-state index in [1.807, 2.05) is 0 Å². The molecule has 12 nitrogen and oxygen atoms in total. The summed E-state index contributed by atoms with van der Waals surface area (Å²) in [6, 6.07) is 0. The maximum atomic E-state index is 11.7. The Labute approximate surface area is 405 Å². The van der Waals surface area contributed by atoms with Crippen molar-refractivity contribution >= 4 is 47.0 Å². The first-order chi connectivity index (χ1) is 30.7. The molecule has 0 aliphatic heterocycles. The van der Waals surface area contributed by atoms with Crippen molar-refractivity contribution in [2.75, 3.05) is 28.4 Å². The zero-order valence-corrected chi connectivity index (χ0v) is 40.3. The fourth-order valence-electron chi connectivity index (χ4n) is 9.01. The van der Waals surface area contributed by atoms with E-state index in [9.17, 15) is 38.4 Å². The van der Waals surface area contributed by atoms with Gasteiger partial charge in [-0.05, 0) is 101 Å². The van der Waals surface area contributed by atoms with Crippen molar-refractivity contribution in [1.82, 2.24) is 0 Å². The lowest BCUT2D eigenvalue weighted by molar-refractivity contribution is -0.143. The van der Waals surface area contributed by atoms with Crippen LogP contribution in [0.15, 0.2) is 48.6 Å². The Morgan fingerprint density at radius 3 is 0.701 bits per heavy atom. The molecule has 4 rings (SSSR count). The van der Waals surface area contributed by atoms with Gasteiger partial charge in [-0.1, -0.05) is 98.6 Å². The first-order valence-electron chi connectivity index (χ1n) is 23.7. The highest BCUT2D eigenvalue weighted by atomic mass is 16.5. The van der Waals surface area contributed by atoms with E-state index in [1.54, 1.807) is 0 Å². The predicted octanol–water partition coefficient (Wildman–Crippen LogP) is 11.9. The average molecular weight is 945 g/mol. The summed E-state index contributed by atoms with van der Waals surface area (Å²) in [5, 5.41) is 0. The minimum atomic E-state index is -0.204. The van der Waals surface area contributed by atoms with E-state index in [4.69, 9.17) is 0 Å². The molecule has 0 aromatic carbocycles. The molecule has 0 spiro atoms. The van der Waals surface area contributed by atoms with Crippen LogP contribution in [0.4, 0.5) is 0 Å². The lowest BCUT2D eigenvalue weighted by atomic mass is 9.89. The van der Waals surface area contributed by atoms with Crippen LogP contribution in [0.3, 0.4) is 0 Å². The normalized spacial score (nSPS) is 24.1. The molecular formula is C55H92O12. The summed E-state index contributed by atoms with van der Waals surface area (Å²) in [5.41, 5.74) is 0. The number of hydrogen-bond donors (Lipinski definition) is 0. The van der Waals surface area contributed by atoms with Gasteiger partial charge in [-0.25, -0.2) is 0 Å². The van der Waals surface area contributed by atoms with Gasteiger partial charge in [0.05, 0.1) is 28.4 Å². The highest BCUT2D eigenvalue weighted by Crippen LogP contribution is 2.37. The molecule has 0 saturated heterocycles. The van der Waals surface area contributed by atoms with Crippen molar-refractivity contribution < 1.29 is 57.3 Å². The molecule has 0 unspecified atom stereocenters. The van der Waals surface area contributed by atoms with Gasteiger partial charge in [-0.2, -0.15) is 0 Å². The maximum Gasteiger partial charge on any atom is 0.305 e. The molecule has 0 N–H and O–H groups in total. The molecule has 0 aromatic rings. The lowest BCUT2D eigenvalue weighted by Crippen LogP contribution is -2.18. The van der Waals surface area contributed by atoms with E-state index in [-0.39, 0.29) is 93.5 Å². The molecule has 0 radical (unpaired) electrons. The number of carbonyl (C=O) groups excluding carboxylic acids is 8. The highest BCUT2D eigenvalue weighted by molar-refractivity contribution is 5.86. The van der Waals surface area contributed by atoms with Crippen LogP contribution in [-0.4, -0.2) is 75.4 Å². The second-order valence-electron chi connectivity index (χ2n) is 17.1. The van der Waals surface area contributed by atoms with Gasteiger partial charge >= 0.3 is 23.9 Å². The molecule has 384 valence electrons. The van der Waals surface area contributed by atoms with E-state index in [0.29, 0.717) is 74.5 Å². The number of ether oxygens (including phenoxy) is 4. The molecule has 67 heavy (non-hydrogen) atoms. The Balaban J connectivity index is -0.000000803. The van der Waals surface area contributed by atoms with Gasteiger partial charge in [-0.3, -0.25) is 38.4 Å². The summed E-state index contributed by atoms with van der Waals surface area (Å²) in [7, 11) is 5.58. The first kappa shape index (κ1) is 66.8. The molecule has 0 heterocycles. The maximum absolute atomic E-state index is 11.7. The smallest absolute Gasteiger partial charge is 0.305 e. The molecular weight excluding hydrogens is 853 g/mol. The summed E-state index contributed by atoms with van der Waals surface area (Å²) in [4.78, 5) is 91.4. The zero-order valence-electron chi connectivity index (χ0n) is 40.3. The Morgan fingerprint density at radius 2 is 0.552 bits per heavy atom. The van der Waals surface area contributed by atoms with Crippen LogP contribution in [0.5, 0.6) is 0 Å². The molecule has 4 fully saturated rings. The fourth-order valence-corrected chi connectivity index (χ4v) is 9.01. The minimum Gasteiger partial charge on any atom is -0.469 e. The molecule has 8 atom stereocenters. The summed E-state index contributed by atoms with van der Waals surface area (Å²) in [6.45, 7) is 8.27. The van der Waals surface area contributed by atoms with E-state index < -0.39 is 0 Å². The topological polar surface area (TPSA) is 173 Å². The third-order valence-electron chi connectivity index (χ3n) is 12.8. The molecule has 4 saturated carbocycles. The fraction of sp³-hybridized carbons (Fsp3) is 0.709. The van der Waals surface area contributed by atoms with Crippen LogP contribution in [0.1, 0.15) is 178 Å². The summed E-state index contributed by atoms with van der Waals surface area (Å²) >= 11 is 0. The van der Waals surface area contributed by atoms with Gasteiger partial charge in [0, 0.05) is 75.0 Å². The largest absolute Gasteiger partial charge is 0.469 e. The highest BCUT2D eigenvalue weighted by Gasteiger charge is 2.38. The number of hydrogen-bond acceptors (Lipinski definition) is 12. The number of carbonyl (C=O) groups is 8. The van der Waals surface area contributed by atoms with Crippen LogP contribution in [0.25, 0.3) is 0 Å². The van der Waals surface area contributed by atoms with Crippen molar-refractivity contribution in [3.8, 4) is 0 Å². The van der Waals surface area contributed by atoms with Gasteiger partial charge in [-0.15, -0.1) is 0 Å². The average Bonchev–Trinajstić information content (AvgIpc) is 4.04. The number of esters is 4. The number of allylic oxidation sites excluding steroid dienone is 8. The molecule has 4 aliphatic rings. The molecule has 4 aliphatic carbocycles. The van der Waals surface area contributed by atoms with Gasteiger partial charge in [0.15, 0.2) is 0 Å². The SMILES string of the molecule is C.C.C.CC/C=C/C[C@@H]1C(=O)CC[C@H]1CC(=O)OC.CC/C=C/C[C@H]1C(=O)CC[C@H]1CC(=O)OC.CC/C=C\C[C@@H]1C(=O)CC[C@H]1CC(=O)OC.CC/C=C\C[C@H]1C(=O)CC[C@H]1CC(=O)OC. The van der Waals surface area contributed by atoms with Crippen LogP contribution >= 0.6 is 0 Å². The van der Waals surface area contributed by atoms with Crippen molar-refractivity contribution in [2.45, 2.75) is 178 Å². The number of methoxy groups -OCH3 is 4. The van der Waals surface area contributed by atoms with Crippen LogP contribution in [0, 0.1) is 47.3 Å². The Bertz CT molecular complexity index is 1360. The van der Waals surface area contributed by atoms with Crippen molar-refractivity contribution in [1.29, 1.82) is 0 Å². The Morgan fingerprint density at radius 1 is 0.373 bits per heavy atom. The van der Waals surface area contributed by atoms with Crippen molar-refractivity contribution in [3.05, 3.63) is 48.6 Å². The van der Waals surface area contributed by atoms with Gasteiger partial charge in [0.1, 0.15) is 23.1 Å². The summed E-state index contributed by atoms with van der Waals surface area (Å²) in [5.74, 6) is 1.23. The molecule has 12 heteroatoms. The number of Topliss-reactive ketones (excluding diaryl/α,β-unsaturated/α-hetero) is 4. The van der Waals surface area contributed by atoms with Gasteiger partial charge < -0.3 is 18.9 Å². The Kier molecular flexibility index (Phi) is 39.4. The van der Waals surface area contributed by atoms with Crippen LogP contribution < -0.4 is 0 Å².